The summed E-state index contributed by atoms with van der Waals surface area (Å²) in [5.74, 6) is 0. The zero-order valence-electron chi connectivity index (χ0n) is 6.20. The lowest BCUT2D eigenvalue weighted by atomic mass is 10.1. The molecule has 1 aromatic rings. The van der Waals surface area contributed by atoms with Crippen molar-refractivity contribution in [1.82, 2.24) is 0 Å². The smallest absolute Gasteiger partial charge is 0.0513 e. The van der Waals surface area contributed by atoms with Crippen LogP contribution in [0, 0.1) is 0 Å². The molecule has 0 N–H and O–H groups in total. The van der Waals surface area contributed by atoms with Crippen molar-refractivity contribution in [3.8, 4) is 0 Å². The molecule has 0 fully saturated rings. The third-order valence-corrected chi connectivity index (χ3v) is 1.75. The summed E-state index contributed by atoms with van der Waals surface area (Å²) in [5.41, 5.74) is 2.41. The minimum absolute atomic E-state index is 0.976. The SMILES string of the molecule is C1=CN=C(c2ccccc2)C1. The van der Waals surface area contributed by atoms with Gasteiger partial charge in [-0.15, -0.1) is 0 Å². The molecule has 0 radical (unpaired) electrons. The number of rotatable bonds is 1. The number of benzene rings is 1. The quantitative estimate of drug-likeness (QED) is 0.572. The first-order chi connectivity index (χ1) is 5.47. The molecular weight excluding hydrogens is 134 g/mol. The summed E-state index contributed by atoms with van der Waals surface area (Å²) < 4.78 is 0. The minimum atomic E-state index is 0.976. The molecule has 0 saturated heterocycles. The standard InChI is InChI=1S/C10H9N/c1-2-5-9(6-3-1)10-7-4-8-11-10/h1-6,8H,7H2. The molecule has 0 aliphatic carbocycles. The molecule has 1 aromatic carbocycles. The van der Waals surface area contributed by atoms with E-state index in [0.29, 0.717) is 0 Å². The maximum atomic E-state index is 4.24. The van der Waals surface area contributed by atoms with Crippen LogP contribution < -0.4 is 0 Å². The van der Waals surface area contributed by atoms with Crippen molar-refractivity contribution in [2.45, 2.75) is 6.42 Å². The Kier molecular flexibility index (Phi) is 1.56. The van der Waals surface area contributed by atoms with Crippen molar-refractivity contribution in [2.24, 2.45) is 4.99 Å². The predicted molar refractivity (Wildman–Crippen MR) is 46.7 cm³/mol. The summed E-state index contributed by atoms with van der Waals surface area (Å²) in [7, 11) is 0. The van der Waals surface area contributed by atoms with Crippen molar-refractivity contribution in [2.75, 3.05) is 0 Å². The number of hydrogen-bond acceptors (Lipinski definition) is 1. The molecular formula is C10H9N. The minimum Gasteiger partial charge on any atom is -0.261 e. The van der Waals surface area contributed by atoms with Gasteiger partial charge in [0.1, 0.15) is 0 Å². The molecule has 0 spiro atoms. The molecule has 11 heavy (non-hydrogen) atoms. The fraction of sp³-hybridized carbons (Fsp3) is 0.100. The van der Waals surface area contributed by atoms with Gasteiger partial charge in [-0.3, -0.25) is 4.99 Å². The van der Waals surface area contributed by atoms with E-state index in [4.69, 9.17) is 0 Å². The third kappa shape index (κ3) is 1.22. The Morgan fingerprint density at radius 3 is 2.55 bits per heavy atom. The van der Waals surface area contributed by atoms with Crippen LogP contribution in [0.25, 0.3) is 0 Å². The second kappa shape index (κ2) is 2.70. The Bertz CT molecular complexity index is 296. The van der Waals surface area contributed by atoms with Crippen molar-refractivity contribution in [3.05, 3.63) is 48.2 Å². The van der Waals surface area contributed by atoms with E-state index in [-0.39, 0.29) is 0 Å². The number of aliphatic imine (C=N–C) groups is 1. The number of hydrogen-bond donors (Lipinski definition) is 0. The van der Waals surface area contributed by atoms with Crippen LogP contribution in [0.15, 0.2) is 47.6 Å². The zero-order valence-corrected chi connectivity index (χ0v) is 6.20. The van der Waals surface area contributed by atoms with Crippen LogP contribution in [0.1, 0.15) is 12.0 Å². The molecule has 1 aliphatic heterocycles. The van der Waals surface area contributed by atoms with E-state index in [2.05, 4.69) is 23.2 Å². The average molecular weight is 143 g/mol. The summed E-state index contributed by atoms with van der Waals surface area (Å²) in [6, 6.07) is 10.3. The zero-order chi connectivity index (χ0) is 7.52. The van der Waals surface area contributed by atoms with Gasteiger partial charge in [0, 0.05) is 12.6 Å². The van der Waals surface area contributed by atoms with Crippen LogP contribution in [0.5, 0.6) is 0 Å². The summed E-state index contributed by atoms with van der Waals surface area (Å²) in [6.07, 6.45) is 4.91. The molecule has 0 aromatic heterocycles. The molecule has 1 heterocycles. The normalized spacial score (nSPS) is 15.1. The molecule has 1 heteroatoms. The van der Waals surface area contributed by atoms with Crippen LogP contribution in [0.3, 0.4) is 0 Å². The summed E-state index contributed by atoms with van der Waals surface area (Å²) >= 11 is 0. The highest BCUT2D eigenvalue weighted by atomic mass is 14.7. The van der Waals surface area contributed by atoms with Crippen molar-refractivity contribution < 1.29 is 0 Å². The number of allylic oxidation sites excluding steroid dienone is 1. The van der Waals surface area contributed by atoms with Gasteiger partial charge in [-0.1, -0.05) is 36.4 Å². The van der Waals surface area contributed by atoms with Gasteiger partial charge in [0.25, 0.3) is 0 Å². The van der Waals surface area contributed by atoms with Gasteiger partial charge < -0.3 is 0 Å². The lowest BCUT2D eigenvalue weighted by molar-refractivity contribution is 1.49. The molecule has 54 valence electrons. The molecule has 0 amide bonds. The maximum absolute atomic E-state index is 4.24. The van der Waals surface area contributed by atoms with Crippen molar-refractivity contribution in [3.63, 3.8) is 0 Å². The van der Waals surface area contributed by atoms with E-state index < -0.39 is 0 Å². The lowest BCUT2D eigenvalue weighted by Gasteiger charge is -1.97. The first-order valence-corrected chi connectivity index (χ1v) is 3.74. The van der Waals surface area contributed by atoms with Gasteiger partial charge in [-0.25, -0.2) is 0 Å². The maximum Gasteiger partial charge on any atom is 0.0513 e. The predicted octanol–water partition coefficient (Wildman–Crippen LogP) is 2.39. The van der Waals surface area contributed by atoms with Crippen LogP contribution in [0.4, 0.5) is 0 Å². The van der Waals surface area contributed by atoms with Crippen molar-refractivity contribution in [1.29, 1.82) is 0 Å². The van der Waals surface area contributed by atoms with E-state index in [9.17, 15) is 0 Å². The Morgan fingerprint density at radius 1 is 1.09 bits per heavy atom. The first-order valence-electron chi connectivity index (χ1n) is 3.74. The van der Waals surface area contributed by atoms with Crippen molar-refractivity contribution >= 4 is 5.71 Å². The summed E-state index contributed by atoms with van der Waals surface area (Å²) in [5, 5.41) is 0. The van der Waals surface area contributed by atoms with Gasteiger partial charge >= 0.3 is 0 Å². The molecule has 0 atom stereocenters. The second-order valence-corrected chi connectivity index (χ2v) is 2.53. The molecule has 0 bridgehead atoms. The number of nitrogens with zero attached hydrogens (tertiary/aromatic N) is 1. The lowest BCUT2D eigenvalue weighted by Crippen LogP contribution is -1.94. The van der Waals surface area contributed by atoms with E-state index >= 15 is 0 Å². The van der Waals surface area contributed by atoms with E-state index in [1.54, 1.807) is 0 Å². The fourth-order valence-corrected chi connectivity index (χ4v) is 1.18. The molecule has 1 aliphatic rings. The van der Waals surface area contributed by atoms with Crippen LogP contribution >= 0.6 is 0 Å². The highest BCUT2D eigenvalue weighted by Crippen LogP contribution is 2.09. The van der Waals surface area contributed by atoms with Crippen LogP contribution in [-0.2, 0) is 0 Å². The molecule has 0 unspecified atom stereocenters. The van der Waals surface area contributed by atoms with Gasteiger partial charge in [0.05, 0.1) is 5.71 Å². The largest absolute Gasteiger partial charge is 0.261 e. The molecule has 1 nitrogen and oxygen atoms in total. The molecule has 0 saturated carbocycles. The van der Waals surface area contributed by atoms with E-state index in [1.165, 1.54) is 11.3 Å². The van der Waals surface area contributed by atoms with Gasteiger partial charge in [0.2, 0.25) is 0 Å². The first kappa shape index (κ1) is 6.35. The topological polar surface area (TPSA) is 12.4 Å². The van der Waals surface area contributed by atoms with Gasteiger partial charge in [-0.2, -0.15) is 0 Å². The Labute approximate surface area is 66.1 Å². The Morgan fingerprint density at radius 2 is 1.91 bits per heavy atom. The summed E-state index contributed by atoms with van der Waals surface area (Å²) in [4.78, 5) is 4.24. The van der Waals surface area contributed by atoms with Crippen LogP contribution in [-0.4, -0.2) is 5.71 Å². The fourth-order valence-electron chi connectivity index (χ4n) is 1.18. The van der Waals surface area contributed by atoms with Crippen LogP contribution in [0.2, 0.25) is 0 Å². The second-order valence-electron chi connectivity index (χ2n) is 2.53. The Hall–Kier alpha value is -1.37. The summed E-state index contributed by atoms with van der Waals surface area (Å²) in [6.45, 7) is 0. The van der Waals surface area contributed by atoms with E-state index in [1.807, 2.05) is 24.4 Å². The monoisotopic (exact) mass is 143 g/mol. The average Bonchev–Trinajstić information content (AvgIpc) is 2.58. The highest BCUT2D eigenvalue weighted by Gasteiger charge is 2.02. The molecule has 2 rings (SSSR count). The Balaban J connectivity index is 2.31. The van der Waals surface area contributed by atoms with Gasteiger partial charge in [-0.05, 0) is 5.56 Å². The van der Waals surface area contributed by atoms with E-state index in [0.717, 1.165) is 6.42 Å². The third-order valence-electron chi connectivity index (χ3n) is 1.75. The van der Waals surface area contributed by atoms with Gasteiger partial charge in [0.15, 0.2) is 0 Å². The highest BCUT2D eigenvalue weighted by molar-refractivity contribution is 6.02.